The summed E-state index contributed by atoms with van der Waals surface area (Å²) in [5.41, 5.74) is 1.63. The highest BCUT2D eigenvalue weighted by atomic mass is 16.5. The van der Waals surface area contributed by atoms with Crippen LogP contribution in [0.4, 0.5) is 0 Å². The highest BCUT2D eigenvalue weighted by molar-refractivity contribution is 5.83. The predicted molar refractivity (Wildman–Crippen MR) is 106 cm³/mol. The molecule has 5 nitrogen and oxygen atoms in total. The molecule has 2 aliphatic heterocycles. The second kappa shape index (κ2) is 8.29. The smallest absolute Gasteiger partial charge is 0.224 e. The molecule has 1 saturated carbocycles. The minimum absolute atomic E-state index is 0.0825. The standard InChI is InChI=1S/C22H33N3O2/c1-2-19(24-21(26)18-14-22(18)8-10-23-11-9-22)20-16-25(12-13-27-20)15-17-6-4-3-5-7-17/h3-7,18-20,23H,2,8-16H2,1H3,(H,24,26). The van der Waals surface area contributed by atoms with Crippen molar-refractivity contribution in [3.8, 4) is 0 Å². The van der Waals surface area contributed by atoms with Gasteiger partial charge in [0.1, 0.15) is 0 Å². The molecule has 2 N–H and O–H groups in total. The van der Waals surface area contributed by atoms with Gasteiger partial charge in [0.05, 0.1) is 18.8 Å². The number of carbonyl (C=O) groups excluding carboxylic acids is 1. The van der Waals surface area contributed by atoms with E-state index in [-0.39, 0.29) is 24.0 Å². The lowest BCUT2D eigenvalue weighted by atomic mass is 9.91. The molecule has 1 aromatic rings. The summed E-state index contributed by atoms with van der Waals surface area (Å²) in [4.78, 5) is 15.3. The van der Waals surface area contributed by atoms with Crippen LogP contribution in [0, 0.1) is 11.3 Å². The van der Waals surface area contributed by atoms with Crippen molar-refractivity contribution in [1.82, 2.24) is 15.5 Å². The monoisotopic (exact) mass is 371 g/mol. The van der Waals surface area contributed by atoms with E-state index in [2.05, 4.69) is 52.8 Å². The number of ether oxygens (including phenoxy) is 1. The molecule has 3 fully saturated rings. The summed E-state index contributed by atoms with van der Waals surface area (Å²) in [6.45, 7) is 7.79. The van der Waals surface area contributed by atoms with Crippen molar-refractivity contribution in [2.24, 2.45) is 11.3 Å². The molecule has 1 aromatic carbocycles. The second-order valence-electron chi connectivity index (χ2n) is 8.52. The third-order valence-corrected chi connectivity index (χ3v) is 6.75. The van der Waals surface area contributed by atoms with Gasteiger partial charge in [-0.15, -0.1) is 0 Å². The first-order chi connectivity index (χ1) is 13.2. The first-order valence-corrected chi connectivity index (χ1v) is 10.6. The molecule has 2 saturated heterocycles. The van der Waals surface area contributed by atoms with Gasteiger partial charge in [-0.3, -0.25) is 9.69 Å². The highest BCUT2D eigenvalue weighted by Crippen LogP contribution is 2.58. The molecule has 4 rings (SSSR count). The molecule has 3 atom stereocenters. The molecule has 27 heavy (non-hydrogen) atoms. The molecule has 5 heteroatoms. The number of benzene rings is 1. The van der Waals surface area contributed by atoms with Crippen LogP contribution in [0.5, 0.6) is 0 Å². The van der Waals surface area contributed by atoms with Crippen molar-refractivity contribution in [1.29, 1.82) is 0 Å². The van der Waals surface area contributed by atoms with E-state index in [9.17, 15) is 4.79 Å². The number of piperidine rings is 1. The molecule has 0 aromatic heterocycles. The zero-order chi connectivity index (χ0) is 18.7. The first-order valence-electron chi connectivity index (χ1n) is 10.6. The van der Waals surface area contributed by atoms with E-state index < -0.39 is 0 Å². The van der Waals surface area contributed by atoms with Crippen LogP contribution in [0.1, 0.15) is 38.2 Å². The van der Waals surface area contributed by atoms with Gasteiger partial charge in [0, 0.05) is 25.6 Å². The maximum Gasteiger partial charge on any atom is 0.224 e. The number of nitrogens with zero attached hydrogens (tertiary/aromatic N) is 1. The van der Waals surface area contributed by atoms with Crippen molar-refractivity contribution in [2.45, 2.75) is 51.3 Å². The van der Waals surface area contributed by atoms with E-state index in [4.69, 9.17) is 4.74 Å². The van der Waals surface area contributed by atoms with Crippen LogP contribution in [0.2, 0.25) is 0 Å². The topological polar surface area (TPSA) is 53.6 Å². The van der Waals surface area contributed by atoms with E-state index in [1.807, 2.05) is 0 Å². The van der Waals surface area contributed by atoms with E-state index in [1.165, 1.54) is 5.56 Å². The first kappa shape index (κ1) is 18.9. The van der Waals surface area contributed by atoms with Crippen LogP contribution < -0.4 is 10.6 Å². The van der Waals surface area contributed by atoms with Crippen LogP contribution in [0.3, 0.4) is 0 Å². The van der Waals surface area contributed by atoms with E-state index in [1.54, 1.807) is 0 Å². The molecule has 1 amide bonds. The number of hydrogen-bond donors (Lipinski definition) is 2. The van der Waals surface area contributed by atoms with Crippen molar-refractivity contribution < 1.29 is 9.53 Å². The van der Waals surface area contributed by atoms with Crippen LogP contribution in [-0.2, 0) is 16.1 Å². The minimum Gasteiger partial charge on any atom is -0.373 e. The fourth-order valence-electron chi connectivity index (χ4n) is 4.90. The van der Waals surface area contributed by atoms with Crippen molar-refractivity contribution >= 4 is 5.91 Å². The van der Waals surface area contributed by atoms with Gasteiger partial charge in [-0.2, -0.15) is 0 Å². The number of rotatable bonds is 6. The highest BCUT2D eigenvalue weighted by Gasteiger charge is 2.57. The van der Waals surface area contributed by atoms with Gasteiger partial charge in [-0.25, -0.2) is 0 Å². The maximum absolute atomic E-state index is 12.9. The zero-order valence-electron chi connectivity index (χ0n) is 16.5. The Morgan fingerprint density at radius 2 is 2.11 bits per heavy atom. The summed E-state index contributed by atoms with van der Waals surface area (Å²) in [6.07, 6.45) is 4.36. The van der Waals surface area contributed by atoms with Crippen LogP contribution in [-0.4, -0.2) is 55.7 Å². The molecule has 0 bridgehead atoms. The van der Waals surface area contributed by atoms with E-state index in [0.29, 0.717) is 5.41 Å². The summed E-state index contributed by atoms with van der Waals surface area (Å²) in [5.74, 6) is 0.477. The number of carbonyl (C=O) groups is 1. The average Bonchev–Trinajstić information content (AvgIpc) is 3.40. The SMILES string of the molecule is CCC(NC(=O)C1CC12CCNCC2)C1CN(Cc2ccccc2)CCO1. The van der Waals surface area contributed by atoms with Crippen molar-refractivity contribution in [2.75, 3.05) is 32.8 Å². The fraction of sp³-hybridized carbons (Fsp3) is 0.682. The lowest BCUT2D eigenvalue weighted by molar-refractivity contribution is -0.126. The van der Waals surface area contributed by atoms with Crippen molar-refractivity contribution in [3.63, 3.8) is 0 Å². The maximum atomic E-state index is 12.9. The third-order valence-electron chi connectivity index (χ3n) is 6.75. The lowest BCUT2D eigenvalue weighted by Gasteiger charge is -2.37. The third kappa shape index (κ3) is 4.36. The Bertz CT molecular complexity index is 630. The molecular formula is C22H33N3O2. The second-order valence-corrected chi connectivity index (χ2v) is 8.52. The molecule has 2 heterocycles. The number of hydrogen-bond acceptors (Lipinski definition) is 4. The van der Waals surface area contributed by atoms with Gasteiger partial charge in [0.2, 0.25) is 5.91 Å². The van der Waals surface area contributed by atoms with Gasteiger partial charge in [-0.05, 0) is 49.8 Å². The molecule has 3 unspecified atom stereocenters. The van der Waals surface area contributed by atoms with E-state index >= 15 is 0 Å². The molecule has 1 spiro atoms. The van der Waals surface area contributed by atoms with Crippen LogP contribution >= 0.6 is 0 Å². The summed E-state index contributed by atoms with van der Waals surface area (Å²) in [7, 11) is 0. The summed E-state index contributed by atoms with van der Waals surface area (Å²) < 4.78 is 6.07. The lowest BCUT2D eigenvalue weighted by Crippen LogP contribution is -2.53. The largest absolute Gasteiger partial charge is 0.373 e. The Balaban J connectivity index is 1.31. The minimum atomic E-state index is 0.0825. The van der Waals surface area contributed by atoms with Gasteiger partial charge in [-0.1, -0.05) is 37.3 Å². The zero-order valence-corrected chi connectivity index (χ0v) is 16.5. The summed E-state index contributed by atoms with van der Waals surface area (Å²) >= 11 is 0. The molecule has 1 aliphatic carbocycles. The number of amides is 1. The normalized spacial score (nSPS) is 28.6. The Hall–Kier alpha value is -1.43. The number of nitrogens with one attached hydrogen (secondary N) is 2. The Morgan fingerprint density at radius 3 is 2.85 bits per heavy atom. The van der Waals surface area contributed by atoms with Gasteiger partial charge >= 0.3 is 0 Å². The Morgan fingerprint density at radius 1 is 1.33 bits per heavy atom. The number of morpholine rings is 1. The summed E-state index contributed by atoms with van der Waals surface area (Å²) in [6, 6.07) is 10.7. The van der Waals surface area contributed by atoms with Gasteiger partial charge in [0.25, 0.3) is 0 Å². The fourth-order valence-corrected chi connectivity index (χ4v) is 4.90. The van der Waals surface area contributed by atoms with E-state index in [0.717, 1.165) is 65.0 Å². The Kier molecular flexibility index (Phi) is 5.81. The van der Waals surface area contributed by atoms with Crippen molar-refractivity contribution in [3.05, 3.63) is 35.9 Å². The van der Waals surface area contributed by atoms with Gasteiger partial charge < -0.3 is 15.4 Å². The molecule has 148 valence electrons. The molecule has 3 aliphatic rings. The van der Waals surface area contributed by atoms with Crippen LogP contribution in [0.15, 0.2) is 30.3 Å². The van der Waals surface area contributed by atoms with Gasteiger partial charge in [0.15, 0.2) is 0 Å². The average molecular weight is 372 g/mol. The molecule has 0 radical (unpaired) electrons. The summed E-state index contributed by atoms with van der Waals surface area (Å²) in [5, 5.41) is 6.75. The quantitative estimate of drug-likeness (QED) is 0.805. The van der Waals surface area contributed by atoms with Crippen LogP contribution in [0.25, 0.3) is 0 Å². The Labute approximate surface area is 162 Å². The predicted octanol–water partition coefficient (Wildman–Crippen LogP) is 2.17. The molecular weight excluding hydrogens is 338 g/mol.